The van der Waals surface area contributed by atoms with E-state index >= 15 is 0 Å². The average Bonchev–Trinajstić information content (AvgIpc) is 3.34. The van der Waals surface area contributed by atoms with E-state index in [1.165, 1.54) is 29.7 Å². The number of aliphatic imine (C=N–C) groups is 1. The van der Waals surface area contributed by atoms with E-state index in [4.69, 9.17) is 22.1 Å². The molecule has 1 unspecified atom stereocenters. The number of aromatic nitrogens is 1. The zero-order chi connectivity index (χ0) is 27.6. The fourth-order valence-electron chi connectivity index (χ4n) is 4.37. The number of ether oxygens (including phenoxy) is 1. The second-order valence-electron chi connectivity index (χ2n) is 9.39. The molecule has 0 aliphatic carbocycles. The molecule has 0 spiro atoms. The standard InChI is InChI=1S/C28H26ClFN4O3S2/c1-39(35,36)16-22(31)11-23-15-38-28(33-23)19-5-7-26-20(10-19)13-32-17-34(26)24-6-8-27(25(29)12-24)37-14-18-3-2-4-21(30)9-18/h2-10,12-13,15,22H,11,14,16-17,31H2,1H3. The molecule has 1 aliphatic heterocycles. The lowest BCUT2D eigenvalue weighted by molar-refractivity contribution is 0.306. The van der Waals surface area contributed by atoms with Crippen molar-refractivity contribution in [2.45, 2.75) is 19.1 Å². The lowest BCUT2D eigenvalue weighted by Crippen LogP contribution is -2.31. The summed E-state index contributed by atoms with van der Waals surface area (Å²) < 4.78 is 42.3. The minimum absolute atomic E-state index is 0.0743. The molecule has 0 saturated heterocycles. The van der Waals surface area contributed by atoms with Crippen LogP contribution in [0.3, 0.4) is 0 Å². The van der Waals surface area contributed by atoms with Crippen LogP contribution in [0.2, 0.25) is 5.02 Å². The molecule has 202 valence electrons. The van der Waals surface area contributed by atoms with Crippen molar-refractivity contribution >= 4 is 50.4 Å². The van der Waals surface area contributed by atoms with E-state index < -0.39 is 15.9 Å². The Morgan fingerprint density at radius 1 is 1.18 bits per heavy atom. The van der Waals surface area contributed by atoms with E-state index in [2.05, 4.69) is 14.9 Å². The molecule has 0 fully saturated rings. The predicted octanol–water partition coefficient (Wildman–Crippen LogP) is 5.62. The molecule has 2 N–H and O–H groups in total. The summed E-state index contributed by atoms with van der Waals surface area (Å²) in [5.74, 6) is 0.125. The van der Waals surface area contributed by atoms with Crippen LogP contribution in [0.25, 0.3) is 10.6 Å². The third-order valence-corrected chi connectivity index (χ3v) is 8.34. The number of thiazole rings is 1. The number of fused-ring (bicyclic) bond motifs is 1. The predicted molar refractivity (Wildman–Crippen MR) is 156 cm³/mol. The van der Waals surface area contributed by atoms with E-state index in [0.717, 1.165) is 33.2 Å². The van der Waals surface area contributed by atoms with Crippen LogP contribution in [-0.2, 0) is 22.9 Å². The molecule has 3 aromatic carbocycles. The summed E-state index contributed by atoms with van der Waals surface area (Å²) in [5, 5.41) is 3.19. The fraction of sp³-hybridized carbons (Fsp3) is 0.214. The van der Waals surface area contributed by atoms with Gasteiger partial charge in [0.25, 0.3) is 0 Å². The number of anilines is 2. The summed E-state index contributed by atoms with van der Waals surface area (Å²) in [6.07, 6.45) is 3.42. The van der Waals surface area contributed by atoms with Gasteiger partial charge in [-0.25, -0.2) is 17.8 Å². The first-order valence-electron chi connectivity index (χ1n) is 12.1. The normalized spacial score (nSPS) is 13.8. The summed E-state index contributed by atoms with van der Waals surface area (Å²) in [6.45, 7) is 0.643. The Morgan fingerprint density at radius 2 is 2.03 bits per heavy atom. The number of hydrogen-bond donors (Lipinski definition) is 1. The van der Waals surface area contributed by atoms with Crippen LogP contribution >= 0.6 is 22.9 Å². The van der Waals surface area contributed by atoms with Crippen LogP contribution in [0.15, 0.2) is 71.0 Å². The van der Waals surface area contributed by atoms with Crippen molar-refractivity contribution in [3.63, 3.8) is 0 Å². The molecular weight excluding hydrogens is 559 g/mol. The summed E-state index contributed by atoms with van der Waals surface area (Å²) in [6, 6.07) is 17.4. The van der Waals surface area contributed by atoms with Crippen LogP contribution in [0.5, 0.6) is 5.75 Å². The number of benzene rings is 3. The second-order valence-corrected chi connectivity index (χ2v) is 12.8. The molecule has 39 heavy (non-hydrogen) atoms. The smallest absolute Gasteiger partial charge is 0.148 e. The van der Waals surface area contributed by atoms with E-state index in [0.29, 0.717) is 29.4 Å². The molecular formula is C28H26ClFN4O3S2. The first-order valence-corrected chi connectivity index (χ1v) is 15.4. The van der Waals surface area contributed by atoms with Gasteiger partial charge in [0.1, 0.15) is 39.7 Å². The number of nitrogens with two attached hydrogens (primary N) is 1. The second kappa shape index (κ2) is 11.4. The van der Waals surface area contributed by atoms with E-state index in [-0.39, 0.29) is 18.2 Å². The van der Waals surface area contributed by atoms with Gasteiger partial charge in [-0.05, 0) is 54.1 Å². The van der Waals surface area contributed by atoms with Crippen molar-refractivity contribution in [3.05, 3.63) is 93.7 Å². The first kappa shape index (κ1) is 27.3. The van der Waals surface area contributed by atoms with E-state index in [1.807, 2.05) is 41.9 Å². The van der Waals surface area contributed by atoms with Crippen molar-refractivity contribution in [3.8, 4) is 16.3 Å². The van der Waals surface area contributed by atoms with Crippen molar-refractivity contribution in [2.24, 2.45) is 10.7 Å². The molecule has 11 heteroatoms. The summed E-state index contributed by atoms with van der Waals surface area (Å²) in [7, 11) is -3.14. The van der Waals surface area contributed by atoms with E-state index in [9.17, 15) is 12.8 Å². The Hall–Kier alpha value is -3.31. The maximum atomic E-state index is 13.4. The Balaban J connectivity index is 1.30. The number of hydrogen-bond acceptors (Lipinski definition) is 8. The van der Waals surface area contributed by atoms with E-state index in [1.54, 1.807) is 18.2 Å². The van der Waals surface area contributed by atoms with Gasteiger partial charge in [0.2, 0.25) is 0 Å². The maximum Gasteiger partial charge on any atom is 0.148 e. The Bertz CT molecular complexity index is 1640. The SMILES string of the molecule is CS(=O)(=O)CC(N)Cc1csc(-c2ccc3c(c2)C=NCN3c2ccc(OCc3cccc(F)c3)c(Cl)c2)n1. The summed E-state index contributed by atoms with van der Waals surface area (Å²) >= 11 is 8.03. The van der Waals surface area contributed by atoms with Crippen molar-refractivity contribution in [2.75, 3.05) is 23.6 Å². The molecule has 1 atom stereocenters. The van der Waals surface area contributed by atoms with Gasteiger partial charge < -0.3 is 15.4 Å². The zero-order valence-corrected chi connectivity index (χ0v) is 23.4. The highest BCUT2D eigenvalue weighted by Crippen LogP contribution is 2.37. The maximum absolute atomic E-state index is 13.4. The number of rotatable bonds is 9. The van der Waals surface area contributed by atoms with Gasteiger partial charge in [-0.15, -0.1) is 11.3 Å². The molecule has 0 radical (unpaired) electrons. The first-order chi connectivity index (χ1) is 18.6. The quantitative estimate of drug-likeness (QED) is 0.274. The molecule has 1 aliphatic rings. The van der Waals surface area contributed by atoms with Gasteiger partial charge >= 0.3 is 0 Å². The third-order valence-electron chi connectivity index (χ3n) is 6.07. The minimum atomic E-state index is -3.14. The summed E-state index contributed by atoms with van der Waals surface area (Å²) in [5.41, 5.74) is 11.2. The van der Waals surface area contributed by atoms with Crippen LogP contribution in [0, 0.1) is 5.82 Å². The number of halogens is 2. The van der Waals surface area contributed by atoms with Crippen molar-refractivity contribution < 1.29 is 17.5 Å². The van der Waals surface area contributed by atoms with Gasteiger partial charge in [-0.2, -0.15) is 0 Å². The summed E-state index contributed by atoms with van der Waals surface area (Å²) in [4.78, 5) is 11.3. The Kier molecular flexibility index (Phi) is 7.99. The van der Waals surface area contributed by atoms with Crippen LogP contribution in [-0.4, -0.2) is 44.3 Å². The van der Waals surface area contributed by atoms with Gasteiger partial charge in [0, 0.05) is 47.1 Å². The van der Waals surface area contributed by atoms with Gasteiger partial charge in [0.15, 0.2) is 0 Å². The highest BCUT2D eigenvalue weighted by atomic mass is 35.5. The monoisotopic (exact) mass is 584 g/mol. The van der Waals surface area contributed by atoms with Gasteiger partial charge in [-0.3, -0.25) is 4.99 Å². The number of nitrogens with zero attached hydrogens (tertiary/aromatic N) is 3. The average molecular weight is 585 g/mol. The van der Waals surface area contributed by atoms with Crippen LogP contribution in [0.1, 0.15) is 16.8 Å². The highest BCUT2D eigenvalue weighted by Gasteiger charge is 2.19. The van der Waals surface area contributed by atoms with Gasteiger partial charge in [-0.1, -0.05) is 23.7 Å². The molecule has 0 saturated carbocycles. The molecule has 0 amide bonds. The van der Waals surface area contributed by atoms with Crippen LogP contribution in [0.4, 0.5) is 15.8 Å². The molecule has 2 heterocycles. The van der Waals surface area contributed by atoms with Crippen LogP contribution < -0.4 is 15.4 Å². The topological polar surface area (TPSA) is 97.9 Å². The molecule has 7 nitrogen and oxygen atoms in total. The Labute approximate surface area is 235 Å². The Morgan fingerprint density at radius 3 is 2.79 bits per heavy atom. The third kappa shape index (κ3) is 6.83. The number of sulfone groups is 1. The molecule has 0 bridgehead atoms. The van der Waals surface area contributed by atoms with Crippen molar-refractivity contribution in [1.82, 2.24) is 4.98 Å². The zero-order valence-electron chi connectivity index (χ0n) is 21.1. The minimum Gasteiger partial charge on any atom is -0.487 e. The molecule has 5 rings (SSSR count). The lowest BCUT2D eigenvalue weighted by atomic mass is 10.1. The fourth-order valence-corrected chi connectivity index (χ4v) is 6.32. The highest BCUT2D eigenvalue weighted by molar-refractivity contribution is 7.90. The molecule has 4 aromatic rings. The van der Waals surface area contributed by atoms with Gasteiger partial charge in [0.05, 0.1) is 22.2 Å². The largest absolute Gasteiger partial charge is 0.487 e. The lowest BCUT2D eigenvalue weighted by Gasteiger charge is -2.28. The van der Waals surface area contributed by atoms with Crippen molar-refractivity contribution in [1.29, 1.82) is 0 Å². The molecule has 1 aromatic heterocycles.